The third-order valence-corrected chi connectivity index (χ3v) is 4.54. The predicted octanol–water partition coefficient (Wildman–Crippen LogP) is 1.65. The maximum Gasteiger partial charge on any atom is 0.236 e. The van der Waals surface area contributed by atoms with Crippen LogP contribution in [-0.4, -0.2) is 43.7 Å². The number of fused-ring (bicyclic) bond motifs is 1. The second-order valence-electron chi connectivity index (χ2n) is 5.00. The van der Waals surface area contributed by atoms with Gasteiger partial charge in [-0.1, -0.05) is 0 Å². The molecule has 1 aromatic heterocycles. The van der Waals surface area contributed by atoms with Gasteiger partial charge in [-0.25, -0.2) is 0 Å². The van der Waals surface area contributed by atoms with E-state index in [0.29, 0.717) is 12.6 Å². The lowest BCUT2D eigenvalue weighted by Gasteiger charge is -2.27. The largest absolute Gasteiger partial charge is 0.385 e. The van der Waals surface area contributed by atoms with Gasteiger partial charge >= 0.3 is 0 Å². The van der Waals surface area contributed by atoms with Gasteiger partial charge in [0.1, 0.15) is 0 Å². The molecule has 1 aliphatic rings. The number of rotatable bonds is 6. The molecule has 0 saturated heterocycles. The molecule has 1 aromatic rings. The first-order chi connectivity index (χ1) is 9.20. The third kappa shape index (κ3) is 4.03. The summed E-state index contributed by atoms with van der Waals surface area (Å²) in [5, 5.41) is 5.38. The van der Waals surface area contributed by atoms with Gasteiger partial charge in [0, 0.05) is 37.7 Å². The molecule has 1 unspecified atom stereocenters. The van der Waals surface area contributed by atoms with Crippen molar-refractivity contribution in [2.45, 2.75) is 32.4 Å². The van der Waals surface area contributed by atoms with E-state index in [1.54, 1.807) is 18.4 Å². The smallest absolute Gasteiger partial charge is 0.236 e. The molecule has 1 aliphatic heterocycles. The summed E-state index contributed by atoms with van der Waals surface area (Å²) in [5.41, 5.74) is 1.32. The summed E-state index contributed by atoms with van der Waals surface area (Å²) < 4.78 is 5.03. The molecule has 0 radical (unpaired) electrons. The predicted molar refractivity (Wildman–Crippen MR) is 77.4 cm³/mol. The Kier molecular flexibility index (Phi) is 5.36. The van der Waals surface area contributed by atoms with E-state index in [1.807, 2.05) is 4.90 Å². The summed E-state index contributed by atoms with van der Waals surface area (Å²) in [4.78, 5) is 15.5. The van der Waals surface area contributed by atoms with Crippen LogP contribution in [0.25, 0.3) is 0 Å². The molecule has 2 rings (SSSR count). The fourth-order valence-corrected chi connectivity index (χ4v) is 3.12. The minimum atomic E-state index is 0.195. The minimum Gasteiger partial charge on any atom is -0.385 e. The van der Waals surface area contributed by atoms with Crippen LogP contribution in [0, 0.1) is 0 Å². The second-order valence-corrected chi connectivity index (χ2v) is 6.00. The molecule has 1 N–H and O–H groups in total. The SMILES string of the molecule is COCCC(C)NCC(=O)N1CCc2sccc2C1. The highest BCUT2D eigenvalue weighted by Gasteiger charge is 2.21. The average molecular weight is 282 g/mol. The molecule has 19 heavy (non-hydrogen) atoms. The molecule has 1 atom stereocenters. The standard InChI is InChI=1S/C14H22N2O2S/c1-11(4-7-18-2)15-9-14(17)16-6-3-13-12(10-16)5-8-19-13/h5,8,11,15H,3-4,6-7,9-10H2,1-2H3. The number of nitrogens with one attached hydrogen (secondary N) is 1. The first-order valence-corrected chi connectivity index (χ1v) is 7.64. The number of nitrogens with zero attached hydrogens (tertiary/aromatic N) is 1. The Morgan fingerprint density at radius 2 is 2.47 bits per heavy atom. The molecule has 2 heterocycles. The Bertz CT molecular complexity index is 419. The summed E-state index contributed by atoms with van der Waals surface area (Å²) in [7, 11) is 1.70. The van der Waals surface area contributed by atoms with Gasteiger partial charge in [0.15, 0.2) is 0 Å². The van der Waals surface area contributed by atoms with Gasteiger partial charge < -0.3 is 15.0 Å². The van der Waals surface area contributed by atoms with Gasteiger partial charge in [-0.15, -0.1) is 11.3 Å². The lowest BCUT2D eigenvalue weighted by atomic mass is 10.1. The summed E-state index contributed by atoms with van der Waals surface area (Å²) in [6, 6.07) is 2.44. The van der Waals surface area contributed by atoms with Crippen LogP contribution in [0.5, 0.6) is 0 Å². The zero-order valence-corrected chi connectivity index (χ0v) is 12.5. The molecular formula is C14H22N2O2S. The minimum absolute atomic E-state index is 0.195. The molecule has 1 amide bonds. The van der Waals surface area contributed by atoms with E-state index in [2.05, 4.69) is 23.7 Å². The normalized spacial score (nSPS) is 16.2. The van der Waals surface area contributed by atoms with Crippen molar-refractivity contribution in [3.8, 4) is 0 Å². The number of carbonyl (C=O) groups is 1. The topological polar surface area (TPSA) is 41.6 Å². The Hall–Kier alpha value is -0.910. The fraction of sp³-hybridized carbons (Fsp3) is 0.643. The summed E-state index contributed by atoms with van der Waals surface area (Å²) in [6.45, 7) is 4.85. The number of amides is 1. The van der Waals surface area contributed by atoms with E-state index in [0.717, 1.165) is 32.5 Å². The Morgan fingerprint density at radius 1 is 1.63 bits per heavy atom. The van der Waals surface area contributed by atoms with Gasteiger partial charge in [0.2, 0.25) is 5.91 Å². The maximum absolute atomic E-state index is 12.1. The zero-order chi connectivity index (χ0) is 13.7. The highest BCUT2D eigenvalue weighted by Crippen LogP contribution is 2.23. The lowest BCUT2D eigenvalue weighted by molar-refractivity contribution is -0.131. The van der Waals surface area contributed by atoms with Crippen molar-refractivity contribution in [1.82, 2.24) is 10.2 Å². The van der Waals surface area contributed by atoms with Gasteiger partial charge in [-0.05, 0) is 36.8 Å². The lowest BCUT2D eigenvalue weighted by Crippen LogP contribution is -2.43. The van der Waals surface area contributed by atoms with Crippen LogP contribution in [-0.2, 0) is 22.5 Å². The molecular weight excluding hydrogens is 260 g/mol. The van der Waals surface area contributed by atoms with Gasteiger partial charge in [0.05, 0.1) is 6.54 Å². The number of hydrogen-bond acceptors (Lipinski definition) is 4. The number of carbonyl (C=O) groups excluding carboxylic acids is 1. The number of methoxy groups -OCH3 is 1. The van der Waals surface area contributed by atoms with Crippen molar-refractivity contribution < 1.29 is 9.53 Å². The van der Waals surface area contributed by atoms with E-state index in [1.165, 1.54) is 10.4 Å². The molecule has 5 heteroatoms. The maximum atomic E-state index is 12.1. The quantitative estimate of drug-likeness (QED) is 0.862. The first kappa shape index (κ1) is 14.5. The summed E-state index contributed by atoms with van der Waals surface area (Å²) in [5.74, 6) is 0.195. The first-order valence-electron chi connectivity index (χ1n) is 6.76. The monoisotopic (exact) mass is 282 g/mol. The van der Waals surface area contributed by atoms with E-state index in [4.69, 9.17) is 4.74 Å². The highest BCUT2D eigenvalue weighted by atomic mass is 32.1. The van der Waals surface area contributed by atoms with Crippen LogP contribution in [0.1, 0.15) is 23.8 Å². The van der Waals surface area contributed by atoms with Crippen molar-refractivity contribution >= 4 is 17.2 Å². The fourth-order valence-electron chi connectivity index (χ4n) is 2.23. The van der Waals surface area contributed by atoms with Crippen LogP contribution < -0.4 is 5.32 Å². The molecule has 106 valence electrons. The highest BCUT2D eigenvalue weighted by molar-refractivity contribution is 7.10. The molecule has 4 nitrogen and oxygen atoms in total. The van der Waals surface area contributed by atoms with Crippen LogP contribution in [0.4, 0.5) is 0 Å². The average Bonchev–Trinajstić information content (AvgIpc) is 2.89. The Labute approximate surface area is 118 Å². The number of ether oxygens (including phenoxy) is 1. The van der Waals surface area contributed by atoms with E-state index < -0.39 is 0 Å². The zero-order valence-electron chi connectivity index (χ0n) is 11.6. The van der Waals surface area contributed by atoms with Gasteiger partial charge in [0.25, 0.3) is 0 Å². The van der Waals surface area contributed by atoms with Crippen molar-refractivity contribution in [3.63, 3.8) is 0 Å². The molecule has 0 fully saturated rings. The summed E-state index contributed by atoms with van der Waals surface area (Å²) >= 11 is 1.80. The summed E-state index contributed by atoms with van der Waals surface area (Å²) in [6.07, 6.45) is 1.93. The van der Waals surface area contributed by atoms with Crippen LogP contribution in [0.2, 0.25) is 0 Å². The van der Waals surface area contributed by atoms with E-state index >= 15 is 0 Å². The molecule has 0 aliphatic carbocycles. The Morgan fingerprint density at radius 3 is 3.26 bits per heavy atom. The van der Waals surface area contributed by atoms with Crippen molar-refractivity contribution in [3.05, 3.63) is 21.9 Å². The number of thiophene rings is 1. The molecule has 0 bridgehead atoms. The van der Waals surface area contributed by atoms with E-state index in [-0.39, 0.29) is 5.91 Å². The van der Waals surface area contributed by atoms with Crippen LogP contribution in [0.3, 0.4) is 0 Å². The third-order valence-electron chi connectivity index (χ3n) is 3.52. The van der Waals surface area contributed by atoms with Crippen molar-refractivity contribution in [2.75, 3.05) is 26.8 Å². The number of hydrogen-bond donors (Lipinski definition) is 1. The molecule has 0 saturated carbocycles. The van der Waals surface area contributed by atoms with Crippen LogP contribution in [0.15, 0.2) is 11.4 Å². The molecule has 0 aromatic carbocycles. The van der Waals surface area contributed by atoms with Gasteiger partial charge in [-0.3, -0.25) is 4.79 Å². The van der Waals surface area contributed by atoms with Gasteiger partial charge in [-0.2, -0.15) is 0 Å². The van der Waals surface area contributed by atoms with E-state index in [9.17, 15) is 4.79 Å². The second kappa shape index (κ2) is 7.03. The van der Waals surface area contributed by atoms with Crippen molar-refractivity contribution in [1.29, 1.82) is 0 Å². The van der Waals surface area contributed by atoms with Crippen LogP contribution >= 0.6 is 11.3 Å². The molecule has 0 spiro atoms. The Balaban J connectivity index is 1.75. The van der Waals surface area contributed by atoms with Crippen molar-refractivity contribution in [2.24, 2.45) is 0 Å².